The fourth-order valence-electron chi connectivity index (χ4n) is 2.20. The molecule has 1 aromatic carbocycles. The van der Waals surface area contributed by atoms with Gasteiger partial charge >= 0.3 is 0 Å². The zero-order valence-corrected chi connectivity index (χ0v) is 12.2. The normalized spacial score (nSPS) is 13.4. The highest BCUT2D eigenvalue weighted by Gasteiger charge is 2.17. The molecule has 0 bridgehead atoms. The van der Waals surface area contributed by atoms with Crippen LogP contribution in [0.15, 0.2) is 28.7 Å². The number of benzene rings is 1. The molecule has 5 nitrogen and oxygen atoms in total. The lowest BCUT2D eigenvalue weighted by Gasteiger charge is -2.19. The van der Waals surface area contributed by atoms with Gasteiger partial charge in [0.25, 0.3) is 0 Å². The highest BCUT2D eigenvalue weighted by molar-refractivity contribution is 9.10. The van der Waals surface area contributed by atoms with Crippen LogP contribution in [0, 0.1) is 11.3 Å². The van der Waals surface area contributed by atoms with Crippen LogP contribution >= 0.6 is 15.9 Å². The van der Waals surface area contributed by atoms with E-state index in [1.807, 2.05) is 30.3 Å². The van der Waals surface area contributed by atoms with Gasteiger partial charge in [0.1, 0.15) is 11.9 Å². The molecule has 2 heterocycles. The number of rotatable bonds is 2. The van der Waals surface area contributed by atoms with Gasteiger partial charge in [0.2, 0.25) is 5.82 Å². The van der Waals surface area contributed by atoms with Crippen LogP contribution in [0.4, 0.5) is 11.5 Å². The maximum Gasteiger partial charge on any atom is 0.234 e. The standard InChI is InChI=1S/C14H12BrN5/c15-9-2-1-3-10(6-9)18-14-11-8-17-5-4-12(11)19-13(7-16)20-14/h1-3,6,17H,4-5,8H2,(H,18,19,20). The number of nitriles is 1. The topological polar surface area (TPSA) is 73.6 Å². The van der Waals surface area contributed by atoms with Crippen LogP contribution in [-0.4, -0.2) is 16.5 Å². The summed E-state index contributed by atoms with van der Waals surface area (Å²) in [5.74, 6) is 0.917. The number of hydrogen-bond donors (Lipinski definition) is 2. The van der Waals surface area contributed by atoms with Crippen LogP contribution in [0.3, 0.4) is 0 Å². The first-order valence-electron chi connectivity index (χ1n) is 6.29. The molecule has 0 saturated carbocycles. The summed E-state index contributed by atoms with van der Waals surface area (Å²) in [6.07, 6.45) is 0.819. The van der Waals surface area contributed by atoms with Gasteiger partial charge in [-0.25, -0.2) is 9.97 Å². The molecule has 0 aliphatic carbocycles. The molecule has 3 rings (SSSR count). The summed E-state index contributed by atoms with van der Waals surface area (Å²) in [4.78, 5) is 8.58. The summed E-state index contributed by atoms with van der Waals surface area (Å²) in [7, 11) is 0. The third-order valence-electron chi connectivity index (χ3n) is 3.12. The second-order valence-electron chi connectivity index (χ2n) is 4.49. The molecule has 2 N–H and O–H groups in total. The van der Waals surface area contributed by atoms with E-state index < -0.39 is 0 Å². The van der Waals surface area contributed by atoms with Crippen molar-refractivity contribution in [2.75, 3.05) is 11.9 Å². The number of fused-ring (bicyclic) bond motifs is 1. The van der Waals surface area contributed by atoms with Gasteiger partial charge in [0, 0.05) is 35.2 Å². The predicted octanol–water partition coefficient (Wildman–Crippen LogP) is 2.50. The number of anilines is 2. The zero-order valence-electron chi connectivity index (χ0n) is 10.7. The van der Waals surface area contributed by atoms with E-state index in [2.05, 4.69) is 36.5 Å². The smallest absolute Gasteiger partial charge is 0.234 e. The number of halogens is 1. The minimum atomic E-state index is 0.211. The van der Waals surface area contributed by atoms with Gasteiger partial charge in [-0.05, 0) is 18.2 Å². The van der Waals surface area contributed by atoms with Crippen LogP contribution in [0.1, 0.15) is 17.1 Å². The summed E-state index contributed by atoms with van der Waals surface area (Å²) >= 11 is 3.44. The van der Waals surface area contributed by atoms with Gasteiger partial charge in [-0.3, -0.25) is 0 Å². The summed E-state index contributed by atoms with van der Waals surface area (Å²) in [6, 6.07) is 9.86. The molecule has 0 radical (unpaired) electrons. The first kappa shape index (κ1) is 13.0. The van der Waals surface area contributed by atoms with Crippen molar-refractivity contribution in [1.82, 2.24) is 15.3 Å². The van der Waals surface area contributed by atoms with Crippen molar-refractivity contribution in [2.45, 2.75) is 13.0 Å². The summed E-state index contributed by atoms with van der Waals surface area (Å²) < 4.78 is 0.990. The molecule has 6 heteroatoms. The van der Waals surface area contributed by atoms with Crippen molar-refractivity contribution < 1.29 is 0 Å². The lowest BCUT2D eigenvalue weighted by atomic mass is 10.1. The van der Waals surface area contributed by atoms with Crippen molar-refractivity contribution >= 4 is 27.4 Å². The molecule has 0 saturated heterocycles. The van der Waals surface area contributed by atoms with Crippen LogP contribution in [0.25, 0.3) is 0 Å². The van der Waals surface area contributed by atoms with E-state index in [0.29, 0.717) is 5.82 Å². The first-order valence-corrected chi connectivity index (χ1v) is 7.09. The fourth-order valence-corrected chi connectivity index (χ4v) is 2.60. The Bertz CT molecular complexity index is 692. The molecule has 20 heavy (non-hydrogen) atoms. The number of nitrogens with one attached hydrogen (secondary N) is 2. The number of hydrogen-bond acceptors (Lipinski definition) is 5. The summed E-state index contributed by atoms with van der Waals surface area (Å²) in [5, 5.41) is 15.6. The Labute approximate surface area is 125 Å². The molecule has 1 aliphatic rings. The van der Waals surface area contributed by atoms with E-state index in [4.69, 9.17) is 5.26 Å². The van der Waals surface area contributed by atoms with Crippen LogP contribution in [-0.2, 0) is 13.0 Å². The molecule has 1 aliphatic heterocycles. The molecule has 2 aromatic rings. The quantitative estimate of drug-likeness (QED) is 0.885. The van der Waals surface area contributed by atoms with E-state index in [1.54, 1.807) is 0 Å². The Hall–Kier alpha value is -1.97. The number of nitrogens with zero attached hydrogens (tertiary/aromatic N) is 3. The average Bonchev–Trinajstić information content (AvgIpc) is 2.47. The minimum absolute atomic E-state index is 0.211. The monoisotopic (exact) mass is 329 g/mol. The van der Waals surface area contributed by atoms with Gasteiger partial charge in [-0.15, -0.1) is 0 Å². The van der Waals surface area contributed by atoms with E-state index in [-0.39, 0.29) is 5.82 Å². The van der Waals surface area contributed by atoms with Gasteiger partial charge < -0.3 is 10.6 Å². The van der Waals surface area contributed by atoms with E-state index in [9.17, 15) is 0 Å². The second-order valence-corrected chi connectivity index (χ2v) is 5.41. The molecular formula is C14H12BrN5. The van der Waals surface area contributed by atoms with Crippen LogP contribution in [0.5, 0.6) is 0 Å². The van der Waals surface area contributed by atoms with Crippen molar-refractivity contribution in [3.63, 3.8) is 0 Å². The maximum absolute atomic E-state index is 9.05. The fraction of sp³-hybridized carbons (Fsp3) is 0.214. The minimum Gasteiger partial charge on any atom is -0.340 e. The van der Waals surface area contributed by atoms with Crippen LogP contribution in [0.2, 0.25) is 0 Å². The second kappa shape index (κ2) is 5.57. The summed E-state index contributed by atoms with van der Waals surface area (Å²) in [5.41, 5.74) is 2.91. The highest BCUT2D eigenvalue weighted by Crippen LogP contribution is 2.25. The lowest BCUT2D eigenvalue weighted by Crippen LogP contribution is -2.26. The Balaban J connectivity index is 2.02. The van der Waals surface area contributed by atoms with Gasteiger partial charge in [0.15, 0.2) is 0 Å². The zero-order chi connectivity index (χ0) is 13.9. The largest absolute Gasteiger partial charge is 0.340 e. The van der Waals surface area contributed by atoms with E-state index >= 15 is 0 Å². The van der Waals surface area contributed by atoms with Gasteiger partial charge in [-0.1, -0.05) is 22.0 Å². The average molecular weight is 330 g/mol. The van der Waals surface area contributed by atoms with Crippen molar-refractivity contribution in [3.8, 4) is 6.07 Å². The molecule has 0 amide bonds. The van der Waals surface area contributed by atoms with E-state index in [0.717, 1.165) is 40.9 Å². The molecule has 1 aromatic heterocycles. The predicted molar refractivity (Wildman–Crippen MR) is 79.6 cm³/mol. The van der Waals surface area contributed by atoms with Gasteiger partial charge in [0.05, 0.1) is 5.69 Å². The Kier molecular flexibility index (Phi) is 3.63. The Morgan fingerprint density at radius 3 is 3.05 bits per heavy atom. The Morgan fingerprint density at radius 1 is 1.35 bits per heavy atom. The van der Waals surface area contributed by atoms with Crippen LogP contribution < -0.4 is 10.6 Å². The molecule has 0 unspecified atom stereocenters. The maximum atomic E-state index is 9.05. The lowest BCUT2D eigenvalue weighted by molar-refractivity contribution is 0.626. The number of aromatic nitrogens is 2. The SMILES string of the molecule is N#Cc1nc2c(c(Nc3cccc(Br)c3)n1)CNCC2. The van der Waals surface area contributed by atoms with Crippen molar-refractivity contribution in [1.29, 1.82) is 5.26 Å². The third kappa shape index (κ3) is 2.64. The van der Waals surface area contributed by atoms with E-state index in [1.165, 1.54) is 0 Å². The molecule has 0 fully saturated rings. The molecular weight excluding hydrogens is 318 g/mol. The van der Waals surface area contributed by atoms with Gasteiger partial charge in [-0.2, -0.15) is 5.26 Å². The first-order chi connectivity index (χ1) is 9.76. The molecule has 100 valence electrons. The van der Waals surface area contributed by atoms with Crippen molar-refractivity contribution in [3.05, 3.63) is 45.8 Å². The Morgan fingerprint density at radius 2 is 2.25 bits per heavy atom. The third-order valence-corrected chi connectivity index (χ3v) is 3.61. The molecule has 0 spiro atoms. The highest BCUT2D eigenvalue weighted by atomic mass is 79.9. The van der Waals surface area contributed by atoms with Crippen molar-refractivity contribution in [2.24, 2.45) is 0 Å². The summed E-state index contributed by atoms with van der Waals surface area (Å²) in [6.45, 7) is 1.60. The molecule has 0 atom stereocenters.